The Morgan fingerprint density at radius 1 is 1.43 bits per heavy atom. The number of esters is 1. The van der Waals surface area contributed by atoms with Gasteiger partial charge in [-0.1, -0.05) is 0 Å². The van der Waals surface area contributed by atoms with Crippen molar-refractivity contribution in [1.82, 2.24) is 10.2 Å². The molecule has 0 spiro atoms. The summed E-state index contributed by atoms with van der Waals surface area (Å²) in [7, 11) is 0. The number of furan rings is 1. The van der Waals surface area contributed by atoms with Crippen LogP contribution in [0, 0.1) is 0 Å². The van der Waals surface area contributed by atoms with E-state index in [1.165, 1.54) is 29.8 Å². The number of ether oxygens (including phenoxy) is 1. The smallest absolute Gasteiger partial charge is 0.330 e. The first-order valence-electron chi connectivity index (χ1n) is 7.46. The lowest BCUT2D eigenvalue weighted by Crippen LogP contribution is -2.43. The number of carbonyl (C=O) groups is 3. The molecule has 1 N–H and O–H groups in total. The second kappa shape index (κ2) is 6.66. The highest BCUT2D eigenvalue weighted by Crippen LogP contribution is 2.41. The van der Waals surface area contributed by atoms with Crippen molar-refractivity contribution >= 4 is 29.5 Å². The standard InChI is InChI=1S/C15H18N2O5S/c1-9(18)17-11(8-23-14(17)12-3-2-6-21-12)15(20)22-7-13(19)16-10-4-5-10/h2-3,6,10-11,14H,4-5,7-8H2,1H3,(H,16,19)/t11-,14+/m0/s1. The van der Waals surface area contributed by atoms with Crippen LogP contribution in [0.4, 0.5) is 0 Å². The Morgan fingerprint density at radius 2 is 2.22 bits per heavy atom. The molecule has 124 valence electrons. The van der Waals surface area contributed by atoms with Gasteiger partial charge < -0.3 is 19.4 Å². The summed E-state index contributed by atoms with van der Waals surface area (Å²) in [6.07, 6.45) is 3.48. The SMILES string of the molecule is CC(=O)N1[C@@H](c2ccco2)SC[C@H]1C(=O)OCC(=O)NC1CC1. The molecule has 1 aliphatic heterocycles. The molecule has 0 aromatic carbocycles. The minimum Gasteiger partial charge on any atom is -0.466 e. The van der Waals surface area contributed by atoms with Gasteiger partial charge in [-0.15, -0.1) is 11.8 Å². The minimum atomic E-state index is -0.707. The lowest BCUT2D eigenvalue weighted by molar-refractivity contribution is -0.156. The van der Waals surface area contributed by atoms with E-state index in [0.717, 1.165) is 12.8 Å². The number of hydrogen-bond acceptors (Lipinski definition) is 6. The first-order chi connectivity index (χ1) is 11.1. The van der Waals surface area contributed by atoms with Crippen LogP contribution in [0.5, 0.6) is 0 Å². The summed E-state index contributed by atoms with van der Waals surface area (Å²) in [4.78, 5) is 37.2. The quantitative estimate of drug-likeness (QED) is 0.808. The second-order valence-electron chi connectivity index (χ2n) is 5.59. The first kappa shape index (κ1) is 15.9. The Labute approximate surface area is 137 Å². The van der Waals surface area contributed by atoms with Crippen LogP contribution in [0.3, 0.4) is 0 Å². The van der Waals surface area contributed by atoms with Gasteiger partial charge in [0.05, 0.1) is 6.26 Å². The summed E-state index contributed by atoms with van der Waals surface area (Å²) in [6.45, 7) is 1.09. The summed E-state index contributed by atoms with van der Waals surface area (Å²) in [6, 6.07) is 3.02. The Balaban J connectivity index is 1.60. The molecule has 8 heteroatoms. The Kier molecular flexibility index (Phi) is 4.61. The van der Waals surface area contributed by atoms with Crippen LogP contribution in [-0.4, -0.2) is 47.1 Å². The third-order valence-corrected chi connectivity index (χ3v) is 4.99. The van der Waals surface area contributed by atoms with Crippen LogP contribution in [0.2, 0.25) is 0 Å². The molecule has 2 atom stereocenters. The van der Waals surface area contributed by atoms with Gasteiger partial charge in [-0.2, -0.15) is 0 Å². The monoisotopic (exact) mass is 338 g/mol. The Morgan fingerprint density at radius 3 is 2.83 bits per heavy atom. The van der Waals surface area contributed by atoms with Crippen molar-refractivity contribution in [1.29, 1.82) is 0 Å². The molecule has 2 amide bonds. The van der Waals surface area contributed by atoms with Gasteiger partial charge in [-0.3, -0.25) is 9.59 Å². The zero-order chi connectivity index (χ0) is 16.4. The van der Waals surface area contributed by atoms with E-state index in [1.54, 1.807) is 12.1 Å². The summed E-state index contributed by atoms with van der Waals surface area (Å²) < 4.78 is 10.4. The maximum atomic E-state index is 12.2. The van der Waals surface area contributed by atoms with E-state index in [0.29, 0.717) is 11.5 Å². The highest BCUT2D eigenvalue weighted by Gasteiger charge is 2.43. The van der Waals surface area contributed by atoms with Crippen LogP contribution in [0.15, 0.2) is 22.8 Å². The van der Waals surface area contributed by atoms with Crippen molar-refractivity contribution in [2.45, 2.75) is 37.2 Å². The number of rotatable bonds is 5. The van der Waals surface area contributed by atoms with Gasteiger partial charge in [0.2, 0.25) is 5.91 Å². The van der Waals surface area contributed by atoms with Crippen LogP contribution >= 0.6 is 11.8 Å². The number of hydrogen-bond donors (Lipinski definition) is 1. The summed E-state index contributed by atoms with van der Waals surface area (Å²) in [5.41, 5.74) is 0. The van der Waals surface area contributed by atoms with Crippen molar-refractivity contribution in [3.8, 4) is 0 Å². The van der Waals surface area contributed by atoms with Crippen molar-refractivity contribution in [3.05, 3.63) is 24.2 Å². The Hall–Kier alpha value is -1.96. The average molecular weight is 338 g/mol. The van der Waals surface area contributed by atoms with E-state index in [9.17, 15) is 14.4 Å². The highest BCUT2D eigenvalue weighted by molar-refractivity contribution is 7.99. The number of nitrogens with zero attached hydrogens (tertiary/aromatic N) is 1. The lowest BCUT2D eigenvalue weighted by atomic mass is 10.2. The fraction of sp³-hybridized carbons (Fsp3) is 0.533. The molecule has 2 heterocycles. The van der Waals surface area contributed by atoms with Crippen molar-refractivity contribution in [3.63, 3.8) is 0 Å². The van der Waals surface area contributed by atoms with Gasteiger partial charge in [-0.05, 0) is 25.0 Å². The second-order valence-corrected chi connectivity index (χ2v) is 6.71. The number of nitrogens with one attached hydrogen (secondary N) is 1. The van der Waals surface area contributed by atoms with E-state index in [2.05, 4.69) is 5.32 Å². The molecule has 1 saturated heterocycles. The molecule has 2 aliphatic rings. The van der Waals surface area contributed by atoms with E-state index >= 15 is 0 Å². The topological polar surface area (TPSA) is 88.8 Å². The van der Waals surface area contributed by atoms with Gasteiger partial charge in [0.1, 0.15) is 17.2 Å². The van der Waals surface area contributed by atoms with Gasteiger partial charge in [0, 0.05) is 18.7 Å². The molecule has 1 aromatic heterocycles. The Bertz CT molecular complexity index is 599. The predicted octanol–water partition coefficient (Wildman–Crippen LogP) is 1.06. The van der Waals surface area contributed by atoms with Gasteiger partial charge in [0.25, 0.3) is 5.91 Å². The normalized spacial score (nSPS) is 23.6. The van der Waals surface area contributed by atoms with E-state index in [4.69, 9.17) is 9.15 Å². The van der Waals surface area contributed by atoms with Gasteiger partial charge in [0.15, 0.2) is 6.61 Å². The first-order valence-corrected chi connectivity index (χ1v) is 8.51. The van der Waals surface area contributed by atoms with Crippen LogP contribution in [0.25, 0.3) is 0 Å². The van der Waals surface area contributed by atoms with Crippen LogP contribution < -0.4 is 5.32 Å². The summed E-state index contributed by atoms with van der Waals surface area (Å²) in [5.74, 6) is -0.0717. The van der Waals surface area contributed by atoms with Crippen molar-refractivity contribution < 1.29 is 23.5 Å². The molecule has 0 radical (unpaired) electrons. The van der Waals surface area contributed by atoms with Crippen LogP contribution in [-0.2, 0) is 19.1 Å². The zero-order valence-corrected chi connectivity index (χ0v) is 13.5. The van der Waals surface area contributed by atoms with E-state index < -0.39 is 12.0 Å². The van der Waals surface area contributed by atoms with E-state index in [1.807, 2.05) is 0 Å². The third kappa shape index (κ3) is 3.69. The largest absolute Gasteiger partial charge is 0.466 e. The van der Waals surface area contributed by atoms with E-state index in [-0.39, 0.29) is 29.8 Å². The van der Waals surface area contributed by atoms with Crippen LogP contribution in [0.1, 0.15) is 30.9 Å². The summed E-state index contributed by atoms with van der Waals surface area (Å²) >= 11 is 1.44. The lowest BCUT2D eigenvalue weighted by Gasteiger charge is -2.25. The predicted molar refractivity (Wildman–Crippen MR) is 82.3 cm³/mol. The fourth-order valence-corrected chi connectivity index (χ4v) is 3.87. The van der Waals surface area contributed by atoms with Crippen molar-refractivity contribution in [2.75, 3.05) is 12.4 Å². The average Bonchev–Trinajstić information content (AvgIpc) is 3.03. The van der Waals surface area contributed by atoms with Gasteiger partial charge in [-0.25, -0.2) is 4.79 Å². The maximum absolute atomic E-state index is 12.2. The molecule has 3 rings (SSSR count). The summed E-state index contributed by atoms with van der Waals surface area (Å²) in [5, 5.41) is 2.40. The molecule has 0 unspecified atom stereocenters. The molecule has 23 heavy (non-hydrogen) atoms. The molecule has 1 saturated carbocycles. The number of carbonyl (C=O) groups excluding carboxylic acids is 3. The fourth-order valence-electron chi connectivity index (χ4n) is 2.45. The molecule has 2 fully saturated rings. The molecule has 1 aliphatic carbocycles. The molecular weight excluding hydrogens is 320 g/mol. The minimum absolute atomic E-state index is 0.222. The maximum Gasteiger partial charge on any atom is 0.330 e. The zero-order valence-electron chi connectivity index (χ0n) is 12.7. The third-order valence-electron chi connectivity index (χ3n) is 3.71. The molecule has 1 aromatic rings. The van der Waals surface area contributed by atoms with Gasteiger partial charge >= 0.3 is 5.97 Å². The molecule has 0 bridgehead atoms. The van der Waals surface area contributed by atoms with Crippen molar-refractivity contribution in [2.24, 2.45) is 0 Å². The molecule has 7 nitrogen and oxygen atoms in total. The number of thioether (sulfide) groups is 1. The number of amides is 2. The molecular formula is C15H18N2O5S. The highest BCUT2D eigenvalue weighted by atomic mass is 32.2.